The average molecular weight is 406 g/mol. The number of piperidine rings is 1. The van der Waals surface area contributed by atoms with Gasteiger partial charge in [-0.2, -0.15) is 0 Å². The molecule has 1 aromatic carbocycles. The van der Waals surface area contributed by atoms with Crippen molar-refractivity contribution < 1.29 is 14.3 Å². The Labute approximate surface area is 157 Å². The Morgan fingerprint density at radius 2 is 1.84 bits per heavy atom. The summed E-state index contributed by atoms with van der Waals surface area (Å²) in [6, 6.07) is 7.97. The third-order valence-corrected chi connectivity index (χ3v) is 5.71. The summed E-state index contributed by atoms with van der Waals surface area (Å²) >= 11 is 3.37. The largest absolute Gasteiger partial charge is 0.452 e. The highest BCUT2D eigenvalue weighted by molar-refractivity contribution is 9.10. The minimum absolute atomic E-state index is 0.0537. The van der Waals surface area contributed by atoms with Crippen molar-refractivity contribution in [2.24, 2.45) is 5.92 Å². The molecule has 0 N–H and O–H groups in total. The Bertz CT molecular complexity index is 639. The summed E-state index contributed by atoms with van der Waals surface area (Å²) in [5.74, 6) is 0.106. The first kappa shape index (κ1) is 18.2. The van der Waals surface area contributed by atoms with Gasteiger partial charge >= 0.3 is 5.97 Å². The molecule has 25 heavy (non-hydrogen) atoms. The molecule has 1 aliphatic carbocycles. The molecule has 0 bridgehead atoms. The zero-order valence-electron chi connectivity index (χ0n) is 14.3. The van der Waals surface area contributed by atoms with E-state index < -0.39 is 5.97 Å². The minimum atomic E-state index is -0.478. The lowest BCUT2D eigenvalue weighted by atomic mass is 9.78. The van der Waals surface area contributed by atoms with Gasteiger partial charge in [-0.15, -0.1) is 0 Å². The highest BCUT2D eigenvalue weighted by Crippen LogP contribution is 2.35. The van der Waals surface area contributed by atoms with E-state index in [1.807, 2.05) is 29.2 Å². The Morgan fingerprint density at radius 1 is 1.12 bits per heavy atom. The maximum Gasteiger partial charge on any atom is 0.331 e. The van der Waals surface area contributed by atoms with Crippen LogP contribution in [0.2, 0.25) is 0 Å². The summed E-state index contributed by atoms with van der Waals surface area (Å²) in [7, 11) is 0. The Kier molecular flexibility index (Phi) is 6.29. The van der Waals surface area contributed by atoms with Crippen molar-refractivity contribution in [3.63, 3.8) is 0 Å². The second-order valence-electron chi connectivity index (χ2n) is 6.83. The summed E-state index contributed by atoms with van der Waals surface area (Å²) in [6.45, 7) is 0.638. The monoisotopic (exact) mass is 405 g/mol. The van der Waals surface area contributed by atoms with Crippen LogP contribution in [0.4, 0.5) is 0 Å². The quantitative estimate of drug-likeness (QED) is 0.557. The molecule has 1 aromatic rings. The molecule has 3 rings (SSSR count). The number of fused-ring (bicyclic) bond motifs is 1. The van der Waals surface area contributed by atoms with Crippen LogP contribution in [0.5, 0.6) is 0 Å². The molecule has 0 aromatic heterocycles. The average Bonchev–Trinajstić information content (AvgIpc) is 2.65. The summed E-state index contributed by atoms with van der Waals surface area (Å²) in [5.41, 5.74) is 0.910. The van der Waals surface area contributed by atoms with Gasteiger partial charge in [0, 0.05) is 23.1 Å². The van der Waals surface area contributed by atoms with Crippen molar-refractivity contribution >= 4 is 33.9 Å². The van der Waals surface area contributed by atoms with Gasteiger partial charge in [0.2, 0.25) is 0 Å². The number of esters is 1. The fourth-order valence-electron chi connectivity index (χ4n) is 3.94. The first-order valence-electron chi connectivity index (χ1n) is 9.03. The number of halogens is 1. The molecule has 1 saturated heterocycles. The van der Waals surface area contributed by atoms with Crippen molar-refractivity contribution in [2.45, 2.75) is 44.6 Å². The van der Waals surface area contributed by atoms with Gasteiger partial charge in [0.1, 0.15) is 0 Å². The molecular weight excluding hydrogens is 382 g/mol. The minimum Gasteiger partial charge on any atom is -0.452 e. The van der Waals surface area contributed by atoms with E-state index in [2.05, 4.69) is 15.9 Å². The van der Waals surface area contributed by atoms with Crippen LogP contribution in [0.1, 0.15) is 44.1 Å². The molecule has 0 radical (unpaired) electrons. The number of carbonyl (C=O) groups excluding carboxylic acids is 2. The summed E-state index contributed by atoms with van der Waals surface area (Å²) in [5, 5.41) is 0. The summed E-state index contributed by atoms with van der Waals surface area (Å²) < 4.78 is 6.14. The van der Waals surface area contributed by atoms with Gasteiger partial charge in [-0.1, -0.05) is 40.9 Å². The van der Waals surface area contributed by atoms with Crippen LogP contribution in [-0.2, 0) is 14.3 Å². The third kappa shape index (κ3) is 4.94. The zero-order valence-corrected chi connectivity index (χ0v) is 15.9. The lowest BCUT2D eigenvalue weighted by Gasteiger charge is -2.44. The van der Waals surface area contributed by atoms with Crippen molar-refractivity contribution in [3.8, 4) is 0 Å². The Hall–Kier alpha value is -1.62. The highest BCUT2D eigenvalue weighted by Gasteiger charge is 2.35. The lowest BCUT2D eigenvalue weighted by molar-refractivity contribution is -0.151. The first-order chi connectivity index (χ1) is 12.1. The molecule has 2 fully saturated rings. The number of rotatable bonds is 4. The maximum atomic E-state index is 12.5. The molecule has 134 valence electrons. The first-order valence-corrected chi connectivity index (χ1v) is 9.82. The summed E-state index contributed by atoms with van der Waals surface area (Å²) in [4.78, 5) is 26.3. The van der Waals surface area contributed by atoms with Crippen molar-refractivity contribution in [3.05, 3.63) is 40.4 Å². The second kappa shape index (κ2) is 8.65. The van der Waals surface area contributed by atoms with Crippen LogP contribution in [0.25, 0.3) is 6.08 Å². The van der Waals surface area contributed by atoms with E-state index in [0.717, 1.165) is 29.4 Å². The van der Waals surface area contributed by atoms with E-state index in [-0.39, 0.29) is 12.5 Å². The summed E-state index contributed by atoms with van der Waals surface area (Å²) in [6.07, 6.45) is 10.1. The number of ether oxygens (including phenoxy) is 1. The molecule has 5 heteroatoms. The van der Waals surface area contributed by atoms with Crippen LogP contribution in [-0.4, -0.2) is 36.0 Å². The topological polar surface area (TPSA) is 46.6 Å². The van der Waals surface area contributed by atoms with E-state index in [1.165, 1.54) is 31.8 Å². The van der Waals surface area contributed by atoms with Gasteiger partial charge in [-0.25, -0.2) is 4.79 Å². The molecular formula is C20H24BrNO3. The fraction of sp³-hybridized carbons (Fsp3) is 0.500. The van der Waals surface area contributed by atoms with Gasteiger partial charge in [0.05, 0.1) is 0 Å². The van der Waals surface area contributed by atoms with Crippen LogP contribution >= 0.6 is 15.9 Å². The molecule has 1 amide bonds. The normalized spacial score (nSPS) is 23.3. The zero-order chi connectivity index (χ0) is 17.6. The van der Waals surface area contributed by atoms with Crippen LogP contribution in [0.3, 0.4) is 0 Å². The number of hydrogen-bond acceptors (Lipinski definition) is 3. The van der Waals surface area contributed by atoms with Gasteiger partial charge in [0.15, 0.2) is 6.61 Å². The Morgan fingerprint density at radius 3 is 2.64 bits per heavy atom. The van der Waals surface area contributed by atoms with Gasteiger partial charge in [-0.05, 0) is 55.4 Å². The van der Waals surface area contributed by atoms with E-state index in [1.54, 1.807) is 6.08 Å². The molecule has 1 saturated carbocycles. The van der Waals surface area contributed by atoms with Crippen molar-refractivity contribution in [1.82, 2.24) is 4.90 Å². The molecule has 0 spiro atoms. The van der Waals surface area contributed by atoms with E-state index in [9.17, 15) is 9.59 Å². The number of amides is 1. The lowest BCUT2D eigenvalue weighted by Crippen LogP contribution is -2.50. The van der Waals surface area contributed by atoms with Crippen molar-refractivity contribution in [2.75, 3.05) is 13.2 Å². The smallest absolute Gasteiger partial charge is 0.331 e. The number of carbonyl (C=O) groups is 2. The molecule has 2 atom stereocenters. The standard InChI is InChI=1S/C20H24BrNO3/c21-17-10-7-15(8-11-17)9-12-20(24)25-14-19(23)22-13-3-5-16-4-1-2-6-18(16)22/h7-12,16,18H,1-6,13-14H2/b12-9+/t16-,18+/m0/s1. The number of benzene rings is 1. The van der Waals surface area contributed by atoms with E-state index >= 15 is 0 Å². The fourth-order valence-corrected chi connectivity index (χ4v) is 4.20. The van der Waals surface area contributed by atoms with Gasteiger partial charge < -0.3 is 9.64 Å². The van der Waals surface area contributed by atoms with E-state index in [4.69, 9.17) is 4.74 Å². The van der Waals surface area contributed by atoms with Crippen LogP contribution in [0.15, 0.2) is 34.8 Å². The second-order valence-corrected chi connectivity index (χ2v) is 7.75. The van der Waals surface area contributed by atoms with E-state index in [0.29, 0.717) is 12.0 Å². The molecule has 0 unspecified atom stereocenters. The predicted molar refractivity (Wildman–Crippen MR) is 101 cm³/mol. The number of likely N-dealkylation sites (tertiary alicyclic amines) is 1. The van der Waals surface area contributed by atoms with Gasteiger partial charge in [0.25, 0.3) is 5.91 Å². The molecule has 2 aliphatic rings. The predicted octanol–water partition coefficient (Wildman–Crippen LogP) is 4.19. The highest BCUT2D eigenvalue weighted by atomic mass is 79.9. The van der Waals surface area contributed by atoms with Crippen LogP contribution < -0.4 is 0 Å². The number of hydrogen-bond donors (Lipinski definition) is 0. The molecule has 4 nitrogen and oxygen atoms in total. The van der Waals surface area contributed by atoms with Gasteiger partial charge in [-0.3, -0.25) is 4.79 Å². The van der Waals surface area contributed by atoms with Crippen LogP contribution in [0, 0.1) is 5.92 Å². The molecule has 1 aliphatic heterocycles. The SMILES string of the molecule is O=C(/C=C/c1ccc(Br)cc1)OCC(=O)N1CCC[C@@H]2CCCC[C@H]21. The Balaban J connectivity index is 1.49. The number of nitrogens with zero attached hydrogens (tertiary/aromatic N) is 1. The maximum absolute atomic E-state index is 12.5. The van der Waals surface area contributed by atoms with Crippen molar-refractivity contribution in [1.29, 1.82) is 0 Å². The third-order valence-electron chi connectivity index (χ3n) is 5.18. The molecule has 1 heterocycles.